The molecule has 0 aliphatic heterocycles. The van der Waals surface area contributed by atoms with Crippen molar-refractivity contribution < 1.29 is 0 Å². The summed E-state index contributed by atoms with van der Waals surface area (Å²) in [6.45, 7) is 18.5. The highest BCUT2D eigenvalue weighted by Crippen LogP contribution is 2.17. The summed E-state index contributed by atoms with van der Waals surface area (Å²) in [6, 6.07) is 0. The Morgan fingerprint density at radius 3 is 0.680 bits per heavy atom. The quantitative estimate of drug-likeness (QED) is 0.0275. The zero-order chi connectivity index (χ0) is 72.6. The molecule has 0 unspecified atom stereocenters. The van der Waals surface area contributed by atoms with Crippen LogP contribution in [0.15, 0.2) is 0 Å². The van der Waals surface area contributed by atoms with Crippen LogP contribution < -0.4 is 21.7 Å². The molecule has 0 amide bonds. The lowest BCUT2D eigenvalue weighted by Crippen LogP contribution is -2.20. The minimum absolute atomic E-state index is 0.382. The van der Waals surface area contributed by atoms with Crippen molar-refractivity contribution in [3.8, 4) is 35.5 Å². The van der Waals surface area contributed by atoms with Gasteiger partial charge in [0.05, 0.1) is 37.3 Å². The van der Waals surface area contributed by atoms with E-state index in [2.05, 4.69) is 122 Å². The van der Waals surface area contributed by atoms with Gasteiger partial charge in [-0.1, -0.05) is 397 Å². The Balaban J connectivity index is -0.000000273. The SMILES string of the molecule is CCCCCCCCCCCCCCCCN(C)CC#CCCl.CCCCCCCCCCCCCCCCN(C)CC#CCN(C)C.CCCCCCCCCCCCCCCCNC.CCCCCCCCCCCCCCCCNCCCCN.CNC.ClCC#CCCl. The number of unbranched alkanes of at least 4 members (excludes halogenated alkanes) is 53. The predicted octanol–water partition coefficient (Wildman–Crippen LogP) is 25.4. The van der Waals surface area contributed by atoms with E-state index in [1.54, 1.807) is 0 Å². The van der Waals surface area contributed by atoms with Gasteiger partial charge in [0.2, 0.25) is 0 Å². The Labute approximate surface area is 628 Å². The number of nitrogens with two attached hydrogens (primary N) is 1. The summed E-state index contributed by atoms with van der Waals surface area (Å²) in [4.78, 5) is 6.75. The number of halogens is 3. The maximum atomic E-state index is 5.53. The highest BCUT2D eigenvalue weighted by atomic mass is 35.5. The van der Waals surface area contributed by atoms with Crippen LogP contribution in [-0.4, -0.2) is 141 Å². The molecule has 0 aliphatic rings. The Hall–Kier alpha value is -0.730. The molecule has 0 rings (SSSR count). The molecule has 0 spiro atoms. The lowest BCUT2D eigenvalue weighted by molar-refractivity contribution is 0.360. The predicted molar refractivity (Wildman–Crippen MR) is 450 cm³/mol. The third kappa shape index (κ3) is 129. The summed E-state index contributed by atoms with van der Waals surface area (Å²) in [5.41, 5.74) is 5.47. The van der Waals surface area contributed by atoms with E-state index in [0.717, 1.165) is 45.7 Å². The molecular formula is C87H178Cl3N7. The molecule has 0 saturated heterocycles. The van der Waals surface area contributed by atoms with Crippen molar-refractivity contribution in [2.75, 3.05) is 126 Å². The Morgan fingerprint density at radius 1 is 0.258 bits per heavy atom. The van der Waals surface area contributed by atoms with Crippen LogP contribution in [0.5, 0.6) is 0 Å². The molecule has 0 atom stereocenters. The fraction of sp³-hybridized carbons (Fsp3) is 0.931. The molecule has 0 aromatic carbocycles. The van der Waals surface area contributed by atoms with Crippen molar-refractivity contribution in [3.63, 3.8) is 0 Å². The molecule has 0 saturated carbocycles. The van der Waals surface area contributed by atoms with Gasteiger partial charge in [-0.2, -0.15) is 0 Å². The number of nitrogens with one attached hydrogen (secondary N) is 3. The van der Waals surface area contributed by atoms with Gasteiger partial charge in [-0.15, -0.1) is 34.8 Å². The second-order valence-electron chi connectivity index (χ2n) is 28.4. The molecule has 10 heteroatoms. The minimum atomic E-state index is 0.382. The minimum Gasteiger partial charge on any atom is -0.330 e. The van der Waals surface area contributed by atoms with Crippen LogP contribution in [0.2, 0.25) is 0 Å². The first-order chi connectivity index (χ1) is 47.6. The first kappa shape index (κ1) is 107. The molecule has 0 fully saturated rings. The molecule has 5 N–H and O–H groups in total. The molecule has 0 aromatic rings. The van der Waals surface area contributed by atoms with Crippen LogP contribution in [-0.2, 0) is 0 Å². The van der Waals surface area contributed by atoms with Crippen molar-refractivity contribution in [2.24, 2.45) is 5.73 Å². The van der Waals surface area contributed by atoms with E-state index in [0.29, 0.717) is 17.6 Å². The van der Waals surface area contributed by atoms with Crippen LogP contribution >= 0.6 is 34.8 Å². The summed E-state index contributed by atoms with van der Waals surface area (Å²) in [7, 11) is 14.3. The van der Waals surface area contributed by atoms with Gasteiger partial charge in [-0.3, -0.25) is 14.7 Å². The molecule has 0 radical (unpaired) electrons. The highest BCUT2D eigenvalue weighted by molar-refractivity contribution is 6.20. The Kier molecular flexibility index (Phi) is 123. The topological polar surface area (TPSA) is 71.8 Å². The molecule has 0 bridgehead atoms. The number of nitrogens with zero attached hydrogens (tertiary/aromatic N) is 3. The van der Waals surface area contributed by atoms with Crippen molar-refractivity contribution in [3.05, 3.63) is 0 Å². The maximum absolute atomic E-state index is 5.53. The molecule has 582 valence electrons. The fourth-order valence-corrected chi connectivity index (χ4v) is 11.8. The molecule has 0 aromatic heterocycles. The summed E-state index contributed by atoms with van der Waals surface area (Å²) in [6.07, 6.45) is 82.7. The van der Waals surface area contributed by atoms with Crippen LogP contribution in [0.25, 0.3) is 0 Å². The summed E-state index contributed by atoms with van der Waals surface area (Å²) >= 11 is 15.8. The average molecular weight is 1430 g/mol. The Morgan fingerprint density at radius 2 is 0.454 bits per heavy atom. The highest BCUT2D eigenvalue weighted by Gasteiger charge is 2.01. The van der Waals surface area contributed by atoms with Gasteiger partial charge in [0.1, 0.15) is 0 Å². The monoisotopic (exact) mass is 1430 g/mol. The Bertz CT molecular complexity index is 1440. The van der Waals surface area contributed by atoms with Gasteiger partial charge in [0, 0.05) is 0 Å². The number of hydrogen-bond acceptors (Lipinski definition) is 7. The number of hydrogen-bond donors (Lipinski definition) is 4. The van der Waals surface area contributed by atoms with E-state index < -0.39 is 0 Å². The molecule has 7 nitrogen and oxygen atoms in total. The largest absolute Gasteiger partial charge is 0.330 e. The van der Waals surface area contributed by atoms with Gasteiger partial charge in [-0.05, 0) is 127 Å². The van der Waals surface area contributed by atoms with Crippen LogP contribution in [0, 0.1) is 35.5 Å². The molecule has 0 heterocycles. The normalized spacial score (nSPS) is 10.6. The maximum Gasteiger partial charge on any atom is 0.0835 e. The van der Waals surface area contributed by atoms with Crippen molar-refractivity contribution >= 4 is 34.8 Å². The van der Waals surface area contributed by atoms with Gasteiger partial charge in [0.25, 0.3) is 0 Å². The lowest BCUT2D eigenvalue weighted by Gasteiger charge is -2.12. The molecule has 97 heavy (non-hydrogen) atoms. The molecule has 0 aliphatic carbocycles. The van der Waals surface area contributed by atoms with Crippen LogP contribution in [0.1, 0.15) is 400 Å². The van der Waals surface area contributed by atoms with E-state index >= 15 is 0 Å². The van der Waals surface area contributed by atoms with E-state index in [4.69, 9.17) is 40.5 Å². The third-order valence-corrected chi connectivity index (χ3v) is 18.2. The fourth-order valence-electron chi connectivity index (χ4n) is 11.5. The second-order valence-corrected chi connectivity index (χ2v) is 29.2. The van der Waals surface area contributed by atoms with E-state index in [1.165, 1.54) is 386 Å². The number of rotatable bonds is 67. The van der Waals surface area contributed by atoms with E-state index in [-0.39, 0.29) is 0 Å². The van der Waals surface area contributed by atoms with Crippen molar-refractivity contribution in [1.82, 2.24) is 30.7 Å². The smallest absolute Gasteiger partial charge is 0.0835 e. The lowest BCUT2D eigenvalue weighted by atomic mass is 10.0. The summed E-state index contributed by atoms with van der Waals surface area (Å²) in [5, 5.41) is 9.47. The summed E-state index contributed by atoms with van der Waals surface area (Å²) in [5.74, 6) is 18.8. The van der Waals surface area contributed by atoms with Gasteiger partial charge in [0.15, 0.2) is 0 Å². The zero-order valence-electron chi connectivity index (χ0n) is 68.1. The van der Waals surface area contributed by atoms with E-state index in [9.17, 15) is 0 Å². The standard InChI is InChI=1S/C23H46N2.C21H40ClN.C20H44N2.C17H37N.C4H4Cl2.C2H7N/c1-5-6-7-8-9-10-11-12-13-14-15-16-17-18-22-25(4)23-20-19-21-24(2)3;1-3-4-5-6-7-8-9-10-11-12-13-14-15-17-20-23(2)21-18-16-19-22;1-2-3-4-5-6-7-8-9-10-11-12-13-14-16-19-22-20-17-15-18-21;1-3-4-5-6-7-8-9-10-11-12-13-14-15-16-17-18-2;5-3-1-2-4-6;1-3-2/h5-18,21-23H2,1-4H3;3-15,17,19-21H2,1-2H3;22H,2-21H2,1H3;18H,3-17H2,1-2H3;3-4H2;3H,1-2H3. The average Bonchev–Trinajstić information content (AvgIpc) is 3.63. The van der Waals surface area contributed by atoms with Crippen molar-refractivity contribution in [1.29, 1.82) is 0 Å². The number of alkyl halides is 3. The van der Waals surface area contributed by atoms with Crippen molar-refractivity contribution in [2.45, 2.75) is 400 Å². The van der Waals surface area contributed by atoms with Crippen LogP contribution in [0.4, 0.5) is 0 Å². The second kappa shape index (κ2) is 111. The van der Waals surface area contributed by atoms with E-state index in [1.807, 2.05) is 21.1 Å². The zero-order valence-corrected chi connectivity index (χ0v) is 70.3. The first-order valence-corrected chi connectivity index (χ1v) is 43.9. The third-order valence-electron chi connectivity index (χ3n) is 17.8. The van der Waals surface area contributed by atoms with Gasteiger partial charge < -0.3 is 21.7 Å². The summed E-state index contributed by atoms with van der Waals surface area (Å²) < 4.78 is 0. The first-order valence-electron chi connectivity index (χ1n) is 42.3. The molecular weight excluding hydrogens is 1250 g/mol. The van der Waals surface area contributed by atoms with Gasteiger partial charge >= 0.3 is 0 Å². The van der Waals surface area contributed by atoms with Crippen LogP contribution in [0.3, 0.4) is 0 Å². The van der Waals surface area contributed by atoms with Gasteiger partial charge in [-0.25, -0.2) is 0 Å².